The van der Waals surface area contributed by atoms with Crippen molar-refractivity contribution < 1.29 is 43.9 Å². The van der Waals surface area contributed by atoms with Crippen molar-refractivity contribution in [3.8, 4) is 11.5 Å². The zero-order valence-corrected chi connectivity index (χ0v) is 23.7. The van der Waals surface area contributed by atoms with Gasteiger partial charge >= 0.3 is 6.09 Å². The largest absolute Gasteiger partial charge is 0.507 e. The highest BCUT2D eigenvalue weighted by Crippen LogP contribution is 2.38. The third-order valence-corrected chi connectivity index (χ3v) is 6.99. The Morgan fingerprint density at radius 2 is 1.85 bits per heavy atom. The van der Waals surface area contributed by atoms with Crippen LogP contribution >= 0.6 is 0 Å². The maximum atomic E-state index is 12.9. The number of aliphatic hydroxyl groups excluding tert-OH is 1. The van der Waals surface area contributed by atoms with Gasteiger partial charge in [-0.3, -0.25) is 9.59 Å². The number of benzene rings is 1. The van der Waals surface area contributed by atoms with E-state index >= 15 is 0 Å². The molecule has 0 saturated heterocycles. The van der Waals surface area contributed by atoms with Gasteiger partial charge in [-0.05, 0) is 38.2 Å². The number of anilines is 1. The minimum atomic E-state index is -1.01. The van der Waals surface area contributed by atoms with Gasteiger partial charge in [0.15, 0.2) is 12.4 Å². The molecule has 11 heteroatoms. The molecule has 2 amide bonds. The van der Waals surface area contributed by atoms with Crippen LogP contribution in [0.4, 0.5) is 10.5 Å². The van der Waals surface area contributed by atoms with Gasteiger partial charge in [0.25, 0.3) is 5.91 Å². The van der Waals surface area contributed by atoms with Gasteiger partial charge in [-0.15, -0.1) is 0 Å². The van der Waals surface area contributed by atoms with Crippen molar-refractivity contribution in [2.75, 3.05) is 19.5 Å². The number of allylic oxidation sites excluding steroid dienone is 2. The van der Waals surface area contributed by atoms with Gasteiger partial charge in [-0.25, -0.2) is 4.79 Å². The first-order chi connectivity index (χ1) is 18.8. The smallest absolute Gasteiger partial charge is 0.405 e. The molecular formula is C29H40N2O9. The van der Waals surface area contributed by atoms with Gasteiger partial charge in [-0.1, -0.05) is 38.2 Å². The summed E-state index contributed by atoms with van der Waals surface area (Å²) in [7, 11) is 2.89. The van der Waals surface area contributed by atoms with E-state index in [1.54, 1.807) is 39.0 Å². The zero-order chi connectivity index (χ0) is 30.1. The molecule has 0 aromatic heterocycles. The molecule has 0 aliphatic carbocycles. The SMILES string of the molecule is COC1/C=C\C=C(/C)C(=O)Nc2cc(O)c(C=O)c(c2O)C[C@@H](C)C[C@H](OC)[C@H](O)[C@@H](C)/C=C(\C)[C@@H]1OC(N)=O. The number of carbonyl (C=O) groups excluding carboxylic acids is 3. The Balaban J connectivity index is 2.66. The van der Waals surface area contributed by atoms with E-state index in [0.717, 1.165) is 6.07 Å². The van der Waals surface area contributed by atoms with Gasteiger partial charge in [-0.2, -0.15) is 0 Å². The highest BCUT2D eigenvalue weighted by Gasteiger charge is 2.30. The normalized spacial score (nSPS) is 30.2. The summed E-state index contributed by atoms with van der Waals surface area (Å²) in [6.07, 6.45) is 2.97. The third-order valence-electron chi connectivity index (χ3n) is 6.99. The van der Waals surface area contributed by atoms with Crippen LogP contribution in [0.2, 0.25) is 0 Å². The summed E-state index contributed by atoms with van der Waals surface area (Å²) in [4.78, 5) is 36.3. The summed E-state index contributed by atoms with van der Waals surface area (Å²) in [5.74, 6) is -1.98. The standard InChI is InChI=1S/C29H40N2O9/c1-15-10-19-20(14-32)22(33)13-21(26(19)35)31-28(36)16(2)8-7-9-23(38-5)27(40-29(30)37)18(4)12-17(3)25(34)24(11-15)39-6/h7-9,12-15,17,23-25,27,33-35H,10-11H2,1-6H3,(H2,30,37)(H,31,36)/b9-7-,16-8+,18-12+/t15-,17+,23?,24+,25-,27+/m1/s1. The number of methoxy groups -OCH3 is 2. The molecule has 0 radical (unpaired) electrons. The number of amides is 2. The predicted octanol–water partition coefficient (Wildman–Crippen LogP) is 3.37. The molecule has 1 aliphatic rings. The number of hydrogen-bond acceptors (Lipinski definition) is 9. The number of phenolic OH excluding ortho intramolecular Hbond substituents is 2. The summed E-state index contributed by atoms with van der Waals surface area (Å²) in [6.45, 7) is 6.90. The number of fused-ring (bicyclic) bond motifs is 2. The average Bonchev–Trinajstić information content (AvgIpc) is 2.90. The molecular weight excluding hydrogens is 520 g/mol. The van der Waals surface area contributed by atoms with E-state index in [2.05, 4.69) is 5.32 Å². The van der Waals surface area contributed by atoms with Crippen molar-refractivity contribution in [1.29, 1.82) is 0 Å². The number of rotatable bonds is 4. The Hall–Kier alpha value is -3.67. The number of nitrogens with one attached hydrogen (secondary N) is 1. The van der Waals surface area contributed by atoms with E-state index in [4.69, 9.17) is 19.9 Å². The second-order valence-corrected chi connectivity index (χ2v) is 10.1. The molecule has 1 aliphatic heterocycles. The fourth-order valence-corrected chi connectivity index (χ4v) is 4.76. The van der Waals surface area contributed by atoms with Gasteiger partial charge in [0.2, 0.25) is 0 Å². The summed E-state index contributed by atoms with van der Waals surface area (Å²) >= 11 is 0. The van der Waals surface area contributed by atoms with Gasteiger partial charge < -0.3 is 40.6 Å². The van der Waals surface area contributed by atoms with E-state index in [-0.39, 0.29) is 40.5 Å². The Labute approximate surface area is 234 Å². The molecule has 1 aromatic rings. The number of nitrogens with two attached hydrogens (primary N) is 1. The van der Waals surface area contributed by atoms with Crippen molar-refractivity contribution >= 4 is 24.0 Å². The van der Waals surface area contributed by atoms with E-state index in [9.17, 15) is 29.7 Å². The molecule has 0 spiro atoms. The van der Waals surface area contributed by atoms with E-state index in [1.165, 1.54) is 20.3 Å². The van der Waals surface area contributed by atoms with Crippen molar-refractivity contribution in [2.24, 2.45) is 17.6 Å². The van der Waals surface area contributed by atoms with Gasteiger partial charge in [0.1, 0.15) is 17.6 Å². The van der Waals surface area contributed by atoms with Crippen LogP contribution in [0.1, 0.15) is 50.0 Å². The molecule has 1 aromatic carbocycles. The van der Waals surface area contributed by atoms with Crippen molar-refractivity contribution in [3.05, 3.63) is 52.6 Å². The molecule has 11 nitrogen and oxygen atoms in total. The predicted molar refractivity (Wildman–Crippen MR) is 149 cm³/mol. The fraction of sp³-hybridized carbons (Fsp3) is 0.483. The number of aromatic hydroxyl groups is 2. The summed E-state index contributed by atoms with van der Waals surface area (Å²) in [6, 6.07) is 1.11. The molecule has 0 saturated carbocycles. The van der Waals surface area contributed by atoms with E-state index < -0.39 is 48.1 Å². The van der Waals surface area contributed by atoms with Gasteiger partial charge in [0, 0.05) is 37.3 Å². The quantitative estimate of drug-likeness (QED) is 0.160. The van der Waals surface area contributed by atoms with E-state index in [1.807, 2.05) is 6.92 Å². The van der Waals surface area contributed by atoms with Crippen LogP contribution in [-0.4, -0.2) is 72.2 Å². The number of phenols is 2. The third kappa shape index (κ3) is 8.17. The minimum absolute atomic E-state index is 0.0635. The highest BCUT2D eigenvalue weighted by atomic mass is 16.6. The van der Waals surface area contributed by atoms with Crippen molar-refractivity contribution in [3.63, 3.8) is 0 Å². The molecule has 6 atom stereocenters. The number of aliphatic hydroxyl groups is 1. The van der Waals surface area contributed by atoms with Crippen LogP contribution in [0.15, 0.2) is 41.5 Å². The van der Waals surface area contributed by atoms with Crippen LogP contribution in [0, 0.1) is 11.8 Å². The molecule has 220 valence electrons. The highest BCUT2D eigenvalue weighted by molar-refractivity contribution is 6.05. The second-order valence-electron chi connectivity index (χ2n) is 10.1. The van der Waals surface area contributed by atoms with E-state index in [0.29, 0.717) is 18.3 Å². The molecule has 0 fully saturated rings. The van der Waals surface area contributed by atoms with Crippen molar-refractivity contribution in [2.45, 2.75) is 65.0 Å². The molecule has 1 unspecified atom stereocenters. The maximum absolute atomic E-state index is 12.9. The lowest BCUT2D eigenvalue weighted by Crippen LogP contribution is -2.37. The van der Waals surface area contributed by atoms with Gasteiger partial charge in [0.05, 0.1) is 23.5 Å². The fourth-order valence-electron chi connectivity index (χ4n) is 4.76. The topological polar surface area (TPSA) is 178 Å². The number of carbonyl (C=O) groups is 3. The summed E-state index contributed by atoms with van der Waals surface area (Å²) in [5, 5.41) is 35.2. The lowest BCUT2D eigenvalue weighted by atomic mass is 9.87. The van der Waals surface area contributed by atoms with Crippen LogP contribution < -0.4 is 11.1 Å². The first-order valence-corrected chi connectivity index (χ1v) is 12.9. The summed E-state index contributed by atoms with van der Waals surface area (Å²) in [5.41, 5.74) is 6.16. The average molecular weight is 561 g/mol. The lowest BCUT2D eigenvalue weighted by Gasteiger charge is -2.29. The summed E-state index contributed by atoms with van der Waals surface area (Å²) < 4.78 is 16.5. The first-order valence-electron chi connectivity index (χ1n) is 12.9. The Morgan fingerprint density at radius 3 is 2.42 bits per heavy atom. The Morgan fingerprint density at radius 1 is 1.18 bits per heavy atom. The number of primary amides is 1. The number of ether oxygens (including phenoxy) is 3. The maximum Gasteiger partial charge on any atom is 0.405 e. The Bertz CT molecular complexity index is 1170. The molecule has 1 heterocycles. The lowest BCUT2D eigenvalue weighted by molar-refractivity contribution is -0.112. The second kappa shape index (κ2) is 14.6. The molecule has 40 heavy (non-hydrogen) atoms. The molecule has 6 N–H and O–H groups in total. The monoisotopic (exact) mass is 560 g/mol. The van der Waals surface area contributed by atoms with Crippen LogP contribution in [0.25, 0.3) is 0 Å². The van der Waals surface area contributed by atoms with Crippen LogP contribution in [0.5, 0.6) is 11.5 Å². The van der Waals surface area contributed by atoms with Crippen molar-refractivity contribution in [1.82, 2.24) is 0 Å². The number of hydrogen-bond donors (Lipinski definition) is 5. The van der Waals surface area contributed by atoms with Crippen LogP contribution in [0.3, 0.4) is 0 Å². The minimum Gasteiger partial charge on any atom is -0.507 e. The zero-order valence-electron chi connectivity index (χ0n) is 23.7. The molecule has 2 bridgehead atoms. The molecule has 2 rings (SSSR count). The Kier molecular flexibility index (Phi) is 11.9. The first kappa shape index (κ1) is 32.5. The number of aldehydes is 1. The van der Waals surface area contributed by atoms with Crippen LogP contribution in [-0.2, 0) is 25.4 Å².